The Labute approximate surface area is 577 Å². The van der Waals surface area contributed by atoms with Crippen LogP contribution in [-0.2, 0) is 28.2 Å². The monoisotopic (exact) mass is 1420 g/mol. The molecule has 0 aliphatic carbocycles. The van der Waals surface area contributed by atoms with Gasteiger partial charge in [0.25, 0.3) is 11.8 Å². The average molecular weight is 1420 g/mol. The number of thiophene rings is 2. The molecule has 0 unspecified atom stereocenters. The van der Waals surface area contributed by atoms with E-state index in [9.17, 15) is 27.2 Å². The molecule has 0 saturated heterocycles. The Bertz CT molecular complexity index is 4700. The highest BCUT2D eigenvalue weighted by molar-refractivity contribution is 9.11. The minimum atomic E-state index is -1.49. The van der Waals surface area contributed by atoms with Gasteiger partial charge in [-0.1, -0.05) is 164 Å². The lowest BCUT2D eigenvalue weighted by Crippen LogP contribution is -2.35. The molecule has 0 radical (unpaired) electrons. The van der Waals surface area contributed by atoms with Crippen molar-refractivity contribution in [3.63, 3.8) is 0 Å². The van der Waals surface area contributed by atoms with E-state index in [1.54, 1.807) is 61.4 Å². The Morgan fingerprint density at radius 1 is 0.439 bits per heavy atom. The molecule has 7 heterocycles. The van der Waals surface area contributed by atoms with Gasteiger partial charge in [-0.25, -0.2) is 17.6 Å². The number of hydrogen-bond acceptors (Lipinski definition) is 13. The van der Waals surface area contributed by atoms with E-state index in [0.29, 0.717) is 20.9 Å². The first-order valence-electron chi connectivity index (χ1n) is 29.8. The van der Waals surface area contributed by atoms with E-state index < -0.39 is 60.7 Å². The van der Waals surface area contributed by atoms with Crippen LogP contribution in [0.1, 0.15) is 19.3 Å². The van der Waals surface area contributed by atoms with E-state index in [0.717, 1.165) is 89.3 Å². The van der Waals surface area contributed by atoms with Crippen molar-refractivity contribution >= 4 is 87.2 Å². The van der Waals surface area contributed by atoms with Gasteiger partial charge < -0.3 is 30.7 Å². The first kappa shape index (κ1) is 71.4. The molecule has 2 amide bonds. The summed E-state index contributed by atoms with van der Waals surface area (Å²) in [5, 5.41) is 64.7. The van der Waals surface area contributed by atoms with Gasteiger partial charge in [0, 0.05) is 62.8 Å². The molecular weight excluding hydrogens is 1360 g/mol. The molecule has 98 heavy (non-hydrogen) atoms. The molecule has 0 bridgehead atoms. The summed E-state index contributed by atoms with van der Waals surface area (Å²) in [4.78, 5) is 25.6. The van der Waals surface area contributed by atoms with Crippen molar-refractivity contribution in [3.05, 3.63) is 292 Å². The lowest BCUT2D eigenvalue weighted by Gasteiger charge is -2.05. The number of nitrogens with one attached hydrogen (secondary N) is 3. The molecule has 494 valence electrons. The summed E-state index contributed by atoms with van der Waals surface area (Å²) in [6.45, 7) is 0. The van der Waals surface area contributed by atoms with Gasteiger partial charge in [0.15, 0.2) is 0 Å². The Kier molecular flexibility index (Phi) is 25.3. The number of aromatic nitrogens is 10. The number of nitrogens with zero attached hydrogens (tertiary/aromatic N) is 9. The normalized spacial score (nSPS) is 10.4. The maximum atomic E-state index is 13.8. The summed E-state index contributed by atoms with van der Waals surface area (Å²) < 4.78 is 61.3. The molecule has 18 nitrogen and oxygen atoms in total. The zero-order valence-corrected chi connectivity index (χ0v) is 56.0. The van der Waals surface area contributed by atoms with Crippen molar-refractivity contribution < 1.29 is 47.2 Å². The van der Waals surface area contributed by atoms with Crippen LogP contribution in [0.4, 0.5) is 28.9 Å². The predicted molar refractivity (Wildman–Crippen MR) is 382 cm³/mol. The number of carbonyl (C=O) groups excluding carboxylic acids is 2. The molecule has 7 N–H and O–H groups in total. The van der Waals surface area contributed by atoms with Crippen molar-refractivity contribution in [1.29, 1.82) is 0 Å². The standard InChI is InChI=1S/C21H15F2N3OS.C11H6BrF2NOS.2C10H11BN2O2.C10H10N2.C9H8N2/c1-26-17(12-16(25-26)13-6-3-2-4-7-13)18-10-11-19(28-18)21(27)24-20-14(22)8-5-9-15(20)23;12-9-5-4-8(17-9)11(16)15-10-6(13)2-1-3-7(10)14;2*1-13-10(11(14)15)7-9(12-13)8-5-3-2-4-6-8;1-12-8-7-10(11-12)9-5-3-2-4-6-9;1-2-4-8(5-3-1)9-6-7-10-11-9/h2-12H,1H3,(H,24,27);1-5H,(H,15,16);2*2-7,14-15H,1H3;2-8H,1H3;1-7H,(H,10,11). The molecule has 0 aliphatic heterocycles. The molecule has 14 rings (SSSR count). The lowest BCUT2D eigenvalue weighted by atomic mass is 9.85. The van der Waals surface area contributed by atoms with Crippen LogP contribution in [0.2, 0.25) is 0 Å². The molecular formula is C71H61B2BrF4N12O6S2. The van der Waals surface area contributed by atoms with Crippen LogP contribution in [0.5, 0.6) is 0 Å². The Balaban J connectivity index is 0.000000142. The van der Waals surface area contributed by atoms with Crippen LogP contribution in [0.3, 0.4) is 0 Å². The predicted octanol–water partition coefficient (Wildman–Crippen LogP) is 13.1. The van der Waals surface area contributed by atoms with E-state index in [-0.39, 0.29) is 0 Å². The smallest absolute Gasteiger partial charge is 0.422 e. The number of aryl methyl sites for hydroxylation is 4. The van der Waals surface area contributed by atoms with Crippen molar-refractivity contribution in [2.45, 2.75) is 0 Å². The van der Waals surface area contributed by atoms with Crippen LogP contribution in [-0.4, -0.2) is 95.5 Å². The zero-order valence-electron chi connectivity index (χ0n) is 52.7. The number of aromatic amines is 1. The van der Waals surface area contributed by atoms with Crippen LogP contribution in [0.15, 0.2) is 259 Å². The number of hydrogen-bond donors (Lipinski definition) is 7. The fourth-order valence-electron chi connectivity index (χ4n) is 9.23. The number of rotatable bonds is 12. The molecule has 0 saturated carbocycles. The summed E-state index contributed by atoms with van der Waals surface area (Å²) in [5.74, 6) is -4.33. The fourth-order valence-corrected chi connectivity index (χ4v) is 11.5. The third-order valence-corrected chi connectivity index (χ3v) is 16.8. The highest BCUT2D eigenvalue weighted by Crippen LogP contribution is 2.32. The molecule has 7 aromatic carbocycles. The summed E-state index contributed by atoms with van der Waals surface area (Å²) >= 11 is 5.62. The number of anilines is 2. The highest BCUT2D eigenvalue weighted by Gasteiger charge is 2.21. The second-order valence-corrected chi connectivity index (χ2v) is 24.5. The summed E-state index contributed by atoms with van der Waals surface area (Å²) in [5.41, 5.74) is 10.4. The van der Waals surface area contributed by atoms with E-state index in [1.807, 2.05) is 183 Å². The average Bonchev–Trinajstić information content (AvgIpc) is 1.58. The molecule has 0 spiro atoms. The van der Waals surface area contributed by atoms with E-state index in [2.05, 4.69) is 69.3 Å². The second kappa shape index (κ2) is 34.7. The van der Waals surface area contributed by atoms with E-state index >= 15 is 0 Å². The van der Waals surface area contributed by atoms with Crippen molar-refractivity contribution in [1.82, 2.24) is 49.3 Å². The number of amides is 2. The fraction of sp³-hybridized carbons (Fsp3) is 0.0563. The number of para-hydroxylation sites is 2. The summed E-state index contributed by atoms with van der Waals surface area (Å²) in [6.07, 6.45) is 3.70. The molecule has 0 atom stereocenters. The molecule has 27 heteroatoms. The molecule has 0 fully saturated rings. The summed E-state index contributed by atoms with van der Waals surface area (Å²) in [6, 6.07) is 72.0. The van der Waals surface area contributed by atoms with Gasteiger partial charge in [0.05, 0.1) is 63.8 Å². The van der Waals surface area contributed by atoms with Gasteiger partial charge >= 0.3 is 14.2 Å². The first-order chi connectivity index (χ1) is 47.3. The maximum absolute atomic E-state index is 13.8. The van der Waals surface area contributed by atoms with Crippen LogP contribution >= 0.6 is 38.6 Å². The third-order valence-electron chi connectivity index (χ3n) is 14.1. The van der Waals surface area contributed by atoms with Gasteiger partial charge in [-0.3, -0.25) is 33.4 Å². The number of H-pyrrole nitrogens is 1. The Morgan fingerprint density at radius 3 is 1.19 bits per heavy atom. The minimum Gasteiger partial charge on any atom is -0.422 e. The topological polar surface area (TPSA) is 239 Å². The quantitative estimate of drug-likeness (QED) is 0.0448. The van der Waals surface area contributed by atoms with E-state index in [4.69, 9.17) is 20.1 Å². The van der Waals surface area contributed by atoms with Gasteiger partial charge in [0.1, 0.15) is 34.6 Å². The second-order valence-electron chi connectivity index (χ2n) is 21.0. The Hall–Kier alpha value is -10.9. The zero-order chi connectivity index (χ0) is 69.7. The SMILES string of the molecule is Cn1ccc(-c2ccccc2)n1.Cn1nc(-c2ccccc2)cc1-c1ccc(C(=O)Nc2c(F)cccc2F)s1.Cn1nc(-c2ccccc2)cc1B(O)O.Cn1nc(-c2ccccc2)cc1B(O)O.O=C(Nc1c(F)cccc1F)c1ccc(Br)s1.c1ccc(-c2ccn[nH]2)cc1. The number of halogens is 5. The van der Waals surface area contributed by atoms with Crippen molar-refractivity contribution in [2.24, 2.45) is 28.2 Å². The van der Waals surface area contributed by atoms with Gasteiger partial charge in [-0.2, -0.15) is 25.5 Å². The first-order valence-corrected chi connectivity index (χ1v) is 32.2. The van der Waals surface area contributed by atoms with Crippen LogP contribution in [0, 0.1) is 23.3 Å². The number of benzene rings is 7. The highest BCUT2D eigenvalue weighted by atomic mass is 79.9. The Morgan fingerprint density at radius 2 is 0.827 bits per heavy atom. The molecule has 14 aromatic rings. The molecule has 0 aliphatic rings. The van der Waals surface area contributed by atoms with Crippen molar-refractivity contribution in [3.8, 4) is 66.9 Å². The van der Waals surface area contributed by atoms with E-state index in [1.165, 1.54) is 49.7 Å². The lowest BCUT2D eigenvalue weighted by molar-refractivity contribution is 0.102. The van der Waals surface area contributed by atoms with Gasteiger partial charge in [0.2, 0.25) is 0 Å². The van der Waals surface area contributed by atoms with Gasteiger partial charge in [-0.15, -0.1) is 22.7 Å². The largest absolute Gasteiger partial charge is 0.507 e. The van der Waals surface area contributed by atoms with Crippen LogP contribution < -0.4 is 21.8 Å². The number of carbonyl (C=O) groups is 2. The van der Waals surface area contributed by atoms with Crippen LogP contribution in [0.25, 0.3) is 66.9 Å². The molecule has 7 aromatic heterocycles. The maximum Gasteiger partial charge on any atom is 0.507 e. The third kappa shape index (κ3) is 19.6. The summed E-state index contributed by atoms with van der Waals surface area (Å²) in [7, 11) is 4.14. The minimum absolute atomic E-state index is 0.347. The van der Waals surface area contributed by atoms with Crippen molar-refractivity contribution in [2.75, 3.05) is 10.6 Å². The van der Waals surface area contributed by atoms with Gasteiger partial charge in [-0.05, 0) is 100 Å².